The van der Waals surface area contributed by atoms with Crippen LogP contribution in [0.4, 0.5) is 0 Å². The molecule has 0 bridgehead atoms. The number of rotatable bonds is 4. The molecule has 0 fully saturated rings. The third kappa shape index (κ3) is 2.88. The maximum atomic E-state index is 9.63. The lowest BCUT2D eigenvalue weighted by molar-refractivity contribution is 0.204. The predicted octanol–water partition coefficient (Wildman–Crippen LogP) is 2.47. The number of aliphatic hydroxyl groups excluding tert-OH is 1. The Labute approximate surface area is 77.8 Å². The van der Waals surface area contributed by atoms with Gasteiger partial charge in [0, 0.05) is 5.75 Å². The molecule has 1 unspecified atom stereocenters. The summed E-state index contributed by atoms with van der Waals surface area (Å²) in [5, 5.41) is 9.63. The van der Waals surface area contributed by atoms with Gasteiger partial charge in [0.15, 0.2) is 0 Å². The van der Waals surface area contributed by atoms with E-state index in [4.69, 9.17) is 0 Å². The largest absolute Gasteiger partial charge is 0.388 e. The lowest BCUT2D eigenvalue weighted by atomic mass is 10.1. The molecular formula is C10H14OS. The molecule has 0 aliphatic rings. The minimum absolute atomic E-state index is 0.309. The lowest BCUT2D eigenvalue weighted by Crippen LogP contribution is -1.99. The zero-order valence-electron chi connectivity index (χ0n) is 7.23. The van der Waals surface area contributed by atoms with Crippen LogP contribution in [0.25, 0.3) is 0 Å². The van der Waals surface area contributed by atoms with Gasteiger partial charge in [-0.2, -0.15) is 11.8 Å². The fraction of sp³-hybridized carbons (Fsp3) is 0.400. The van der Waals surface area contributed by atoms with Gasteiger partial charge in [0.2, 0.25) is 0 Å². The Bertz CT molecular complexity index is 210. The van der Waals surface area contributed by atoms with Crippen LogP contribution in [0, 0.1) is 0 Å². The van der Waals surface area contributed by atoms with Crippen LogP contribution in [0.1, 0.15) is 18.6 Å². The van der Waals surface area contributed by atoms with E-state index in [2.05, 4.69) is 6.92 Å². The number of benzene rings is 1. The Morgan fingerprint density at radius 1 is 1.33 bits per heavy atom. The van der Waals surface area contributed by atoms with Crippen molar-refractivity contribution in [2.45, 2.75) is 13.0 Å². The fourth-order valence-corrected chi connectivity index (χ4v) is 1.65. The number of aliphatic hydroxyl groups is 1. The van der Waals surface area contributed by atoms with E-state index in [0.29, 0.717) is 0 Å². The van der Waals surface area contributed by atoms with Crippen molar-refractivity contribution in [1.82, 2.24) is 0 Å². The second-order valence-electron chi connectivity index (χ2n) is 2.59. The Balaban J connectivity index is 2.48. The zero-order valence-corrected chi connectivity index (χ0v) is 8.05. The first-order valence-corrected chi connectivity index (χ1v) is 5.30. The summed E-state index contributed by atoms with van der Waals surface area (Å²) in [4.78, 5) is 0. The van der Waals surface area contributed by atoms with E-state index in [1.807, 2.05) is 30.3 Å². The van der Waals surface area contributed by atoms with Crippen molar-refractivity contribution in [3.63, 3.8) is 0 Å². The van der Waals surface area contributed by atoms with Gasteiger partial charge in [0.05, 0.1) is 6.10 Å². The first-order valence-electron chi connectivity index (χ1n) is 4.15. The number of hydrogen-bond acceptors (Lipinski definition) is 2. The molecule has 0 aliphatic carbocycles. The van der Waals surface area contributed by atoms with E-state index < -0.39 is 0 Å². The molecule has 1 N–H and O–H groups in total. The smallest absolute Gasteiger partial charge is 0.0880 e. The third-order valence-corrected chi connectivity index (χ3v) is 2.62. The molecule has 2 heteroatoms. The molecule has 1 rings (SSSR count). The van der Waals surface area contributed by atoms with Crippen LogP contribution >= 0.6 is 11.8 Å². The summed E-state index contributed by atoms with van der Waals surface area (Å²) in [6.07, 6.45) is -0.309. The topological polar surface area (TPSA) is 20.2 Å². The van der Waals surface area contributed by atoms with Crippen LogP contribution in [0.3, 0.4) is 0 Å². The van der Waals surface area contributed by atoms with Gasteiger partial charge in [-0.15, -0.1) is 0 Å². The maximum Gasteiger partial charge on any atom is 0.0880 e. The Morgan fingerprint density at radius 2 is 2.00 bits per heavy atom. The van der Waals surface area contributed by atoms with E-state index in [0.717, 1.165) is 17.1 Å². The summed E-state index contributed by atoms with van der Waals surface area (Å²) in [5.41, 5.74) is 1.01. The minimum atomic E-state index is -0.309. The fourth-order valence-electron chi connectivity index (χ4n) is 1.00. The van der Waals surface area contributed by atoms with Crippen molar-refractivity contribution in [3.8, 4) is 0 Å². The van der Waals surface area contributed by atoms with Gasteiger partial charge in [-0.1, -0.05) is 37.3 Å². The summed E-state index contributed by atoms with van der Waals surface area (Å²) in [5.74, 6) is 1.85. The van der Waals surface area contributed by atoms with Gasteiger partial charge in [0.1, 0.15) is 0 Å². The van der Waals surface area contributed by atoms with Crippen molar-refractivity contribution in [2.75, 3.05) is 11.5 Å². The summed E-state index contributed by atoms with van der Waals surface area (Å²) >= 11 is 1.76. The Kier molecular flexibility index (Phi) is 4.19. The Hall–Kier alpha value is -0.470. The van der Waals surface area contributed by atoms with Crippen molar-refractivity contribution in [1.29, 1.82) is 0 Å². The highest BCUT2D eigenvalue weighted by Gasteiger charge is 2.04. The monoisotopic (exact) mass is 182 g/mol. The molecule has 0 spiro atoms. The second kappa shape index (κ2) is 5.22. The highest BCUT2D eigenvalue weighted by atomic mass is 32.2. The molecule has 0 amide bonds. The van der Waals surface area contributed by atoms with E-state index in [-0.39, 0.29) is 6.10 Å². The molecule has 0 radical (unpaired) electrons. The number of thioether (sulfide) groups is 1. The van der Waals surface area contributed by atoms with E-state index in [9.17, 15) is 5.11 Å². The minimum Gasteiger partial charge on any atom is -0.388 e. The molecule has 0 aromatic heterocycles. The maximum absolute atomic E-state index is 9.63. The van der Waals surface area contributed by atoms with Crippen LogP contribution in [0.15, 0.2) is 30.3 Å². The van der Waals surface area contributed by atoms with Crippen molar-refractivity contribution < 1.29 is 5.11 Å². The van der Waals surface area contributed by atoms with Crippen LogP contribution in [0.2, 0.25) is 0 Å². The molecule has 1 aromatic carbocycles. The van der Waals surface area contributed by atoms with Gasteiger partial charge >= 0.3 is 0 Å². The molecule has 0 saturated carbocycles. The quantitative estimate of drug-likeness (QED) is 0.772. The van der Waals surface area contributed by atoms with Gasteiger partial charge in [-0.05, 0) is 11.3 Å². The van der Waals surface area contributed by atoms with Gasteiger partial charge < -0.3 is 5.11 Å². The first kappa shape index (κ1) is 9.62. The van der Waals surface area contributed by atoms with E-state index >= 15 is 0 Å². The predicted molar refractivity (Wildman–Crippen MR) is 54.4 cm³/mol. The van der Waals surface area contributed by atoms with E-state index in [1.54, 1.807) is 11.8 Å². The number of hydrogen-bond donors (Lipinski definition) is 1. The second-order valence-corrected chi connectivity index (χ2v) is 3.90. The molecule has 0 aliphatic heterocycles. The molecule has 0 saturated heterocycles. The first-order chi connectivity index (χ1) is 5.84. The average molecular weight is 182 g/mol. The van der Waals surface area contributed by atoms with Crippen LogP contribution in [-0.4, -0.2) is 16.6 Å². The zero-order chi connectivity index (χ0) is 8.81. The van der Waals surface area contributed by atoms with Crippen LogP contribution in [-0.2, 0) is 0 Å². The highest BCUT2D eigenvalue weighted by Crippen LogP contribution is 2.17. The van der Waals surface area contributed by atoms with Gasteiger partial charge in [-0.3, -0.25) is 0 Å². The lowest BCUT2D eigenvalue weighted by Gasteiger charge is -2.08. The van der Waals surface area contributed by atoms with Crippen LogP contribution in [0.5, 0.6) is 0 Å². The summed E-state index contributed by atoms with van der Waals surface area (Å²) < 4.78 is 0. The molecule has 0 heterocycles. The molecular weight excluding hydrogens is 168 g/mol. The normalized spacial score (nSPS) is 12.8. The molecule has 1 aromatic rings. The molecule has 1 atom stereocenters. The standard InChI is InChI=1S/C10H14OS/c1-2-12-8-10(11)9-6-4-3-5-7-9/h3-7,10-11H,2,8H2,1H3. The third-order valence-electron chi connectivity index (χ3n) is 1.66. The average Bonchev–Trinajstić information content (AvgIpc) is 2.15. The SMILES string of the molecule is CCSCC(O)c1ccccc1. The molecule has 1 nitrogen and oxygen atoms in total. The van der Waals surface area contributed by atoms with Crippen LogP contribution < -0.4 is 0 Å². The summed E-state index contributed by atoms with van der Waals surface area (Å²) in [6.45, 7) is 2.10. The van der Waals surface area contributed by atoms with E-state index in [1.165, 1.54) is 0 Å². The Morgan fingerprint density at radius 3 is 2.58 bits per heavy atom. The summed E-state index contributed by atoms with van der Waals surface area (Å²) in [7, 11) is 0. The van der Waals surface area contributed by atoms with Gasteiger partial charge in [0.25, 0.3) is 0 Å². The molecule has 12 heavy (non-hydrogen) atoms. The van der Waals surface area contributed by atoms with Crippen molar-refractivity contribution in [3.05, 3.63) is 35.9 Å². The van der Waals surface area contributed by atoms with Gasteiger partial charge in [-0.25, -0.2) is 0 Å². The highest BCUT2D eigenvalue weighted by molar-refractivity contribution is 7.99. The van der Waals surface area contributed by atoms with Crippen molar-refractivity contribution in [2.24, 2.45) is 0 Å². The van der Waals surface area contributed by atoms with Crippen molar-refractivity contribution >= 4 is 11.8 Å². The molecule has 66 valence electrons. The summed E-state index contributed by atoms with van der Waals surface area (Å²) in [6, 6.07) is 9.79.